The lowest BCUT2D eigenvalue weighted by Crippen LogP contribution is -2.05. The molecule has 0 aliphatic carbocycles. The zero-order valence-electron chi connectivity index (χ0n) is 12.8. The van der Waals surface area contributed by atoms with Crippen LogP contribution < -0.4 is 10.6 Å². The molecule has 0 radical (unpaired) electrons. The van der Waals surface area contributed by atoms with Gasteiger partial charge in [-0.25, -0.2) is 13.2 Å². The minimum absolute atomic E-state index is 0.0883. The van der Waals surface area contributed by atoms with Gasteiger partial charge in [0.25, 0.3) is 0 Å². The summed E-state index contributed by atoms with van der Waals surface area (Å²) in [5, 5.41) is 13.5. The van der Waals surface area contributed by atoms with Gasteiger partial charge in [0.15, 0.2) is 23.3 Å². The van der Waals surface area contributed by atoms with Crippen LogP contribution in [0.15, 0.2) is 36.5 Å². The highest BCUT2D eigenvalue weighted by Gasteiger charge is 2.14. The van der Waals surface area contributed by atoms with E-state index in [1.165, 1.54) is 6.20 Å². The molecule has 2 aromatic carbocycles. The van der Waals surface area contributed by atoms with E-state index in [1.54, 1.807) is 18.2 Å². The molecule has 0 bridgehead atoms. The van der Waals surface area contributed by atoms with E-state index in [1.807, 2.05) is 6.92 Å². The van der Waals surface area contributed by atoms with Crippen molar-refractivity contribution in [1.82, 2.24) is 15.2 Å². The van der Waals surface area contributed by atoms with Gasteiger partial charge in [-0.05, 0) is 36.8 Å². The van der Waals surface area contributed by atoms with Gasteiger partial charge in [-0.2, -0.15) is 10.1 Å². The van der Waals surface area contributed by atoms with Gasteiger partial charge in [-0.3, -0.25) is 0 Å². The average Bonchev–Trinajstić information content (AvgIpc) is 2.60. The molecular weight excluding hydrogens is 355 g/mol. The topological polar surface area (TPSA) is 62.7 Å². The Bertz CT molecular complexity index is 936. The molecule has 3 rings (SSSR count). The third kappa shape index (κ3) is 3.63. The number of anilines is 4. The molecule has 128 valence electrons. The van der Waals surface area contributed by atoms with Crippen molar-refractivity contribution in [2.24, 2.45) is 0 Å². The maximum atomic E-state index is 13.7. The molecule has 3 aromatic rings. The predicted octanol–water partition coefficient (Wildman–Crippen LogP) is 4.74. The van der Waals surface area contributed by atoms with Crippen molar-refractivity contribution in [3.05, 3.63) is 64.6 Å². The molecule has 0 amide bonds. The number of nitrogens with zero attached hydrogens (tertiary/aromatic N) is 3. The van der Waals surface area contributed by atoms with Gasteiger partial charge in [-0.1, -0.05) is 17.7 Å². The van der Waals surface area contributed by atoms with E-state index in [9.17, 15) is 13.2 Å². The van der Waals surface area contributed by atoms with E-state index in [2.05, 4.69) is 25.8 Å². The van der Waals surface area contributed by atoms with Crippen molar-refractivity contribution < 1.29 is 13.2 Å². The molecule has 1 aromatic heterocycles. The Morgan fingerprint density at radius 3 is 2.56 bits per heavy atom. The number of benzene rings is 2. The SMILES string of the molecule is Cc1c(Cl)cccc1Nc1cnnc(Nc2ccc(F)c(F)c2F)n1. The van der Waals surface area contributed by atoms with Crippen LogP contribution in [0.25, 0.3) is 0 Å². The van der Waals surface area contributed by atoms with Crippen LogP contribution in [-0.4, -0.2) is 15.2 Å². The van der Waals surface area contributed by atoms with Crippen LogP contribution in [0.3, 0.4) is 0 Å². The maximum Gasteiger partial charge on any atom is 0.249 e. The highest BCUT2D eigenvalue weighted by molar-refractivity contribution is 6.31. The molecule has 0 aliphatic heterocycles. The van der Waals surface area contributed by atoms with Crippen molar-refractivity contribution >= 4 is 34.7 Å². The number of hydrogen-bond acceptors (Lipinski definition) is 5. The number of nitrogens with one attached hydrogen (secondary N) is 2. The summed E-state index contributed by atoms with van der Waals surface area (Å²) in [6.45, 7) is 1.83. The molecule has 0 saturated heterocycles. The Labute approximate surface area is 145 Å². The van der Waals surface area contributed by atoms with Crippen LogP contribution in [0, 0.1) is 24.4 Å². The fourth-order valence-corrected chi connectivity index (χ4v) is 2.22. The number of halogens is 4. The van der Waals surface area contributed by atoms with Gasteiger partial charge in [0.2, 0.25) is 5.95 Å². The summed E-state index contributed by atoms with van der Waals surface area (Å²) < 4.78 is 39.9. The normalized spacial score (nSPS) is 10.6. The second-order valence-electron chi connectivity index (χ2n) is 5.05. The first-order valence-electron chi connectivity index (χ1n) is 7.08. The first kappa shape index (κ1) is 17.0. The van der Waals surface area contributed by atoms with Crippen LogP contribution in [-0.2, 0) is 0 Å². The number of hydrogen-bond donors (Lipinski definition) is 2. The second kappa shape index (κ2) is 6.94. The third-order valence-electron chi connectivity index (χ3n) is 3.37. The van der Waals surface area contributed by atoms with E-state index in [4.69, 9.17) is 11.6 Å². The Kier molecular flexibility index (Phi) is 4.71. The lowest BCUT2D eigenvalue weighted by Gasteiger charge is -2.11. The van der Waals surface area contributed by atoms with Gasteiger partial charge in [-0.15, -0.1) is 5.10 Å². The van der Waals surface area contributed by atoms with E-state index in [0.29, 0.717) is 16.5 Å². The molecule has 0 atom stereocenters. The maximum absolute atomic E-state index is 13.7. The molecule has 0 unspecified atom stereocenters. The molecule has 9 heteroatoms. The molecule has 0 fully saturated rings. The Balaban J connectivity index is 1.85. The molecule has 5 nitrogen and oxygen atoms in total. The van der Waals surface area contributed by atoms with E-state index < -0.39 is 17.5 Å². The quantitative estimate of drug-likeness (QED) is 0.654. The molecule has 2 N–H and O–H groups in total. The Morgan fingerprint density at radius 1 is 0.960 bits per heavy atom. The summed E-state index contributed by atoms with van der Waals surface area (Å²) in [5.41, 5.74) is 1.21. The van der Waals surface area contributed by atoms with Crippen LogP contribution >= 0.6 is 11.6 Å². The monoisotopic (exact) mass is 365 g/mol. The summed E-state index contributed by atoms with van der Waals surface area (Å²) in [7, 11) is 0. The van der Waals surface area contributed by atoms with Crippen LogP contribution in [0.5, 0.6) is 0 Å². The van der Waals surface area contributed by atoms with Gasteiger partial charge in [0.05, 0.1) is 11.9 Å². The van der Waals surface area contributed by atoms with E-state index in [-0.39, 0.29) is 11.6 Å². The fourth-order valence-electron chi connectivity index (χ4n) is 2.04. The first-order valence-corrected chi connectivity index (χ1v) is 7.46. The largest absolute Gasteiger partial charge is 0.339 e. The number of rotatable bonds is 4. The smallest absolute Gasteiger partial charge is 0.249 e. The Morgan fingerprint density at radius 2 is 1.76 bits per heavy atom. The standard InChI is InChI=1S/C16H11ClF3N5/c1-8-9(17)3-2-4-11(8)22-13-7-21-25-16(24-13)23-12-6-5-10(18)14(19)15(12)20/h2-7H,1H3,(H2,22,23,24,25). The molecule has 0 spiro atoms. The third-order valence-corrected chi connectivity index (χ3v) is 3.78. The van der Waals surface area contributed by atoms with E-state index >= 15 is 0 Å². The molecular formula is C16H11ClF3N5. The van der Waals surface area contributed by atoms with Gasteiger partial charge >= 0.3 is 0 Å². The summed E-state index contributed by atoms with van der Waals surface area (Å²) in [6, 6.07) is 7.15. The summed E-state index contributed by atoms with van der Waals surface area (Å²) in [6.07, 6.45) is 1.35. The highest BCUT2D eigenvalue weighted by atomic mass is 35.5. The molecule has 0 aliphatic rings. The first-order chi connectivity index (χ1) is 12.0. The fraction of sp³-hybridized carbons (Fsp3) is 0.0625. The average molecular weight is 366 g/mol. The minimum atomic E-state index is -1.58. The summed E-state index contributed by atoms with van der Waals surface area (Å²) in [5.74, 6) is -4.01. The zero-order chi connectivity index (χ0) is 18.0. The lowest BCUT2D eigenvalue weighted by atomic mass is 10.2. The minimum Gasteiger partial charge on any atom is -0.339 e. The van der Waals surface area contributed by atoms with Crippen molar-refractivity contribution in [2.45, 2.75) is 6.92 Å². The van der Waals surface area contributed by atoms with E-state index in [0.717, 1.165) is 17.7 Å². The molecule has 1 heterocycles. The van der Waals surface area contributed by atoms with Crippen molar-refractivity contribution in [3.8, 4) is 0 Å². The van der Waals surface area contributed by atoms with Crippen LogP contribution in [0.4, 0.5) is 36.3 Å². The van der Waals surface area contributed by atoms with Gasteiger partial charge in [0.1, 0.15) is 0 Å². The Hall–Kier alpha value is -2.87. The van der Waals surface area contributed by atoms with Gasteiger partial charge in [0, 0.05) is 10.7 Å². The predicted molar refractivity (Wildman–Crippen MR) is 88.9 cm³/mol. The second-order valence-corrected chi connectivity index (χ2v) is 5.46. The molecule has 25 heavy (non-hydrogen) atoms. The van der Waals surface area contributed by atoms with Crippen molar-refractivity contribution in [2.75, 3.05) is 10.6 Å². The van der Waals surface area contributed by atoms with Crippen molar-refractivity contribution in [1.29, 1.82) is 0 Å². The summed E-state index contributed by atoms with van der Waals surface area (Å²) >= 11 is 6.06. The van der Waals surface area contributed by atoms with Crippen LogP contribution in [0.1, 0.15) is 5.56 Å². The van der Waals surface area contributed by atoms with Crippen LogP contribution in [0.2, 0.25) is 5.02 Å². The zero-order valence-corrected chi connectivity index (χ0v) is 13.6. The number of aromatic nitrogens is 3. The van der Waals surface area contributed by atoms with Gasteiger partial charge < -0.3 is 10.6 Å². The highest BCUT2D eigenvalue weighted by Crippen LogP contribution is 2.26. The summed E-state index contributed by atoms with van der Waals surface area (Å²) in [4.78, 5) is 4.11. The lowest BCUT2D eigenvalue weighted by molar-refractivity contribution is 0.449. The van der Waals surface area contributed by atoms with Crippen molar-refractivity contribution in [3.63, 3.8) is 0 Å². The molecule has 0 saturated carbocycles.